The molecule has 1 aliphatic heterocycles. The first-order valence-electron chi connectivity index (χ1n) is 9.43. The predicted molar refractivity (Wildman–Crippen MR) is 116 cm³/mol. The summed E-state index contributed by atoms with van der Waals surface area (Å²) in [6.45, 7) is 0.909. The quantitative estimate of drug-likeness (QED) is 0.672. The van der Waals surface area contributed by atoms with E-state index in [1.54, 1.807) is 19.2 Å². The minimum atomic E-state index is -0.340. The van der Waals surface area contributed by atoms with Gasteiger partial charge in [-0.25, -0.2) is 4.79 Å². The van der Waals surface area contributed by atoms with Gasteiger partial charge in [-0.15, -0.1) is 0 Å². The largest absolute Gasteiger partial charge is 0.497 e. The number of anilines is 1. The third-order valence-corrected chi connectivity index (χ3v) is 5.19. The lowest BCUT2D eigenvalue weighted by Crippen LogP contribution is -2.55. The van der Waals surface area contributed by atoms with Crippen molar-refractivity contribution in [2.24, 2.45) is 0 Å². The second-order valence-corrected chi connectivity index (χ2v) is 7.72. The molecule has 3 rings (SSSR count). The number of carbonyl (C=O) groups excluding carboxylic acids is 3. The number of amides is 4. The van der Waals surface area contributed by atoms with Gasteiger partial charge >= 0.3 is 6.03 Å². The number of nitrogens with zero attached hydrogens (tertiary/aromatic N) is 2. The van der Waals surface area contributed by atoms with Crippen LogP contribution in [0.25, 0.3) is 0 Å². The highest BCUT2D eigenvalue weighted by Gasteiger charge is 2.28. The molecular weight excluding hydrogens is 452 g/mol. The van der Waals surface area contributed by atoms with Crippen LogP contribution in [-0.2, 0) is 16.1 Å². The zero-order valence-corrected chi connectivity index (χ0v) is 18.1. The zero-order chi connectivity index (χ0) is 21.5. The summed E-state index contributed by atoms with van der Waals surface area (Å²) < 4.78 is 6.08. The number of urea groups is 1. The monoisotopic (exact) mass is 474 g/mol. The second-order valence-electron chi connectivity index (χ2n) is 6.80. The van der Waals surface area contributed by atoms with Gasteiger partial charge in [0.1, 0.15) is 12.3 Å². The Bertz CT molecular complexity index is 919. The standard InChI is InChI=1S/C21H23BrN4O4/c1-30-18-4-2-3-15(11-18)12-23-19(27)13-25-9-10-26(14-20(25)28)21(29)24-17-7-5-16(22)6-8-17/h2-8,11H,9-10,12-14H2,1H3,(H,23,27)(H,24,29). The summed E-state index contributed by atoms with van der Waals surface area (Å²) >= 11 is 3.34. The van der Waals surface area contributed by atoms with Crippen molar-refractivity contribution < 1.29 is 19.1 Å². The Morgan fingerprint density at radius 3 is 2.60 bits per heavy atom. The molecule has 0 bridgehead atoms. The van der Waals surface area contributed by atoms with E-state index < -0.39 is 0 Å². The molecule has 0 unspecified atom stereocenters. The number of benzene rings is 2. The Kier molecular flexibility index (Phi) is 7.29. The molecule has 2 aromatic carbocycles. The summed E-state index contributed by atoms with van der Waals surface area (Å²) in [7, 11) is 1.59. The van der Waals surface area contributed by atoms with Gasteiger partial charge in [0.2, 0.25) is 11.8 Å². The first kappa shape index (κ1) is 21.6. The van der Waals surface area contributed by atoms with Gasteiger partial charge < -0.3 is 25.2 Å². The lowest BCUT2D eigenvalue weighted by atomic mass is 10.2. The van der Waals surface area contributed by atoms with Crippen molar-refractivity contribution in [1.29, 1.82) is 0 Å². The summed E-state index contributed by atoms with van der Waals surface area (Å²) in [4.78, 5) is 39.9. The Morgan fingerprint density at radius 2 is 1.90 bits per heavy atom. The number of ether oxygens (including phenoxy) is 1. The number of hydrogen-bond donors (Lipinski definition) is 2. The number of rotatable bonds is 6. The number of halogens is 1. The van der Waals surface area contributed by atoms with Gasteiger partial charge in [-0.3, -0.25) is 9.59 Å². The van der Waals surface area contributed by atoms with E-state index in [9.17, 15) is 14.4 Å². The molecule has 0 aliphatic carbocycles. The van der Waals surface area contributed by atoms with Gasteiger partial charge in [0.25, 0.3) is 0 Å². The van der Waals surface area contributed by atoms with Crippen LogP contribution in [0.2, 0.25) is 0 Å². The summed E-state index contributed by atoms with van der Waals surface area (Å²) in [5, 5.41) is 5.57. The van der Waals surface area contributed by atoms with E-state index >= 15 is 0 Å². The minimum Gasteiger partial charge on any atom is -0.497 e. The lowest BCUT2D eigenvalue weighted by Gasteiger charge is -2.33. The van der Waals surface area contributed by atoms with E-state index in [0.29, 0.717) is 25.3 Å². The molecule has 0 atom stereocenters. The van der Waals surface area contributed by atoms with Crippen LogP contribution in [0.3, 0.4) is 0 Å². The van der Waals surface area contributed by atoms with E-state index in [1.807, 2.05) is 36.4 Å². The molecule has 1 aliphatic rings. The van der Waals surface area contributed by atoms with E-state index in [2.05, 4.69) is 26.6 Å². The lowest BCUT2D eigenvalue weighted by molar-refractivity contribution is -0.139. The summed E-state index contributed by atoms with van der Waals surface area (Å²) in [5.41, 5.74) is 1.55. The van der Waals surface area contributed by atoms with Crippen LogP contribution >= 0.6 is 15.9 Å². The van der Waals surface area contributed by atoms with Crippen molar-refractivity contribution in [1.82, 2.24) is 15.1 Å². The van der Waals surface area contributed by atoms with Crippen molar-refractivity contribution in [2.45, 2.75) is 6.54 Å². The van der Waals surface area contributed by atoms with E-state index in [1.165, 1.54) is 9.80 Å². The first-order valence-corrected chi connectivity index (χ1v) is 10.2. The molecule has 0 spiro atoms. The van der Waals surface area contributed by atoms with Gasteiger partial charge in [-0.05, 0) is 42.0 Å². The summed E-state index contributed by atoms with van der Waals surface area (Å²) in [5.74, 6) is 0.206. The van der Waals surface area contributed by atoms with E-state index in [-0.39, 0.29) is 30.9 Å². The van der Waals surface area contributed by atoms with Crippen LogP contribution in [0.15, 0.2) is 53.0 Å². The molecule has 30 heavy (non-hydrogen) atoms. The Hall–Kier alpha value is -3.07. The van der Waals surface area contributed by atoms with Gasteiger partial charge in [-0.1, -0.05) is 28.1 Å². The van der Waals surface area contributed by atoms with Crippen LogP contribution in [0.4, 0.5) is 10.5 Å². The molecule has 1 heterocycles. The van der Waals surface area contributed by atoms with Crippen LogP contribution in [0.1, 0.15) is 5.56 Å². The number of hydrogen-bond acceptors (Lipinski definition) is 4. The maximum atomic E-state index is 12.4. The third kappa shape index (κ3) is 5.96. The van der Waals surface area contributed by atoms with Gasteiger partial charge in [0.15, 0.2) is 0 Å². The van der Waals surface area contributed by atoms with E-state index in [4.69, 9.17) is 4.74 Å². The van der Waals surface area contributed by atoms with Crippen LogP contribution in [-0.4, -0.2) is 60.9 Å². The fourth-order valence-electron chi connectivity index (χ4n) is 3.00. The third-order valence-electron chi connectivity index (χ3n) is 4.66. The van der Waals surface area contributed by atoms with E-state index in [0.717, 1.165) is 15.8 Å². The van der Waals surface area contributed by atoms with Crippen LogP contribution < -0.4 is 15.4 Å². The molecule has 2 N–H and O–H groups in total. The predicted octanol–water partition coefficient (Wildman–Crippen LogP) is 2.45. The highest BCUT2D eigenvalue weighted by Crippen LogP contribution is 2.15. The van der Waals surface area contributed by atoms with Crippen molar-refractivity contribution >= 4 is 39.5 Å². The highest BCUT2D eigenvalue weighted by molar-refractivity contribution is 9.10. The second kappa shape index (κ2) is 10.1. The van der Waals surface area contributed by atoms with Crippen molar-refractivity contribution in [3.63, 3.8) is 0 Å². The average molecular weight is 475 g/mol. The molecule has 1 fully saturated rings. The normalized spacial score (nSPS) is 13.7. The van der Waals surface area contributed by atoms with Crippen LogP contribution in [0, 0.1) is 0 Å². The SMILES string of the molecule is COc1cccc(CNC(=O)CN2CCN(C(=O)Nc3ccc(Br)cc3)CC2=O)c1. The first-order chi connectivity index (χ1) is 14.4. The number of nitrogens with one attached hydrogen (secondary N) is 2. The molecular formula is C21H23BrN4O4. The van der Waals surface area contributed by atoms with Crippen LogP contribution in [0.5, 0.6) is 5.75 Å². The molecule has 2 aromatic rings. The van der Waals surface area contributed by atoms with Gasteiger partial charge in [0.05, 0.1) is 13.7 Å². The Morgan fingerprint density at radius 1 is 1.13 bits per heavy atom. The molecule has 8 nitrogen and oxygen atoms in total. The molecule has 4 amide bonds. The topological polar surface area (TPSA) is 91.0 Å². The van der Waals surface area contributed by atoms with Crippen molar-refractivity contribution in [2.75, 3.05) is 38.6 Å². The highest BCUT2D eigenvalue weighted by atomic mass is 79.9. The molecule has 1 saturated heterocycles. The smallest absolute Gasteiger partial charge is 0.322 e. The fraction of sp³-hybridized carbons (Fsp3) is 0.286. The molecule has 0 saturated carbocycles. The maximum absolute atomic E-state index is 12.4. The summed E-state index contributed by atoms with van der Waals surface area (Å²) in [6.07, 6.45) is 0. The average Bonchev–Trinajstić information content (AvgIpc) is 2.75. The Balaban J connectivity index is 1.45. The number of methoxy groups -OCH3 is 1. The van der Waals surface area contributed by atoms with Crippen molar-refractivity contribution in [3.05, 3.63) is 58.6 Å². The molecule has 0 aromatic heterocycles. The van der Waals surface area contributed by atoms with Gasteiger partial charge in [0, 0.05) is 29.8 Å². The zero-order valence-electron chi connectivity index (χ0n) is 16.6. The van der Waals surface area contributed by atoms with Crippen molar-refractivity contribution in [3.8, 4) is 5.75 Å². The number of carbonyl (C=O) groups is 3. The summed E-state index contributed by atoms with van der Waals surface area (Å²) in [6, 6.07) is 14.3. The maximum Gasteiger partial charge on any atom is 0.322 e. The number of piperazine rings is 1. The Labute approximate surface area is 183 Å². The van der Waals surface area contributed by atoms with Gasteiger partial charge in [-0.2, -0.15) is 0 Å². The molecule has 9 heteroatoms. The fourth-order valence-corrected chi connectivity index (χ4v) is 3.26. The molecule has 0 radical (unpaired) electrons. The molecule has 158 valence electrons. The minimum absolute atomic E-state index is 0.0367.